The van der Waals surface area contributed by atoms with Crippen molar-refractivity contribution >= 4 is 17.2 Å². The second kappa shape index (κ2) is 11.0. The third kappa shape index (κ3) is 5.96. The average molecular weight is 574 g/mol. The summed E-state index contributed by atoms with van der Waals surface area (Å²) in [6.45, 7) is 3.36. The van der Waals surface area contributed by atoms with Gasteiger partial charge >= 0.3 is 6.18 Å². The first-order chi connectivity index (χ1) is 19.3. The Morgan fingerprint density at radius 1 is 1.00 bits per heavy atom. The highest BCUT2D eigenvalue weighted by Gasteiger charge is 2.39. The number of halogens is 3. The van der Waals surface area contributed by atoms with Crippen LogP contribution in [0.25, 0.3) is 0 Å². The molecule has 2 aromatic carbocycles. The molecule has 0 aliphatic carbocycles. The van der Waals surface area contributed by atoms with E-state index >= 15 is 0 Å². The van der Waals surface area contributed by atoms with Crippen molar-refractivity contribution in [2.24, 2.45) is 0 Å². The van der Waals surface area contributed by atoms with E-state index in [1.807, 2.05) is 28.0 Å². The Bertz CT molecular complexity index is 1360. The van der Waals surface area contributed by atoms with E-state index in [2.05, 4.69) is 4.98 Å². The van der Waals surface area contributed by atoms with Gasteiger partial charge in [-0.15, -0.1) is 11.3 Å². The number of hydrogen-bond acceptors (Lipinski definition) is 7. The molecule has 7 nitrogen and oxygen atoms in total. The van der Waals surface area contributed by atoms with Gasteiger partial charge in [0.25, 0.3) is 5.91 Å². The Labute approximate surface area is 234 Å². The highest BCUT2D eigenvalue weighted by molar-refractivity contribution is 7.09. The fourth-order valence-corrected chi connectivity index (χ4v) is 6.48. The lowest BCUT2D eigenvalue weighted by molar-refractivity contribution is -0.137. The van der Waals surface area contributed by atoms with Gasteiger partial charge in [0, 0.05) is 38.2 Å². The van der Waals surface area contributed by atoms with Gasteiger partial charge in [0.05, 0.1) is 17.7 Å². The van der Waals surface area contributed by atoms with Crippen LogP contribution in [0.15, 0.2) is 47.8 Å². The molecule has 2 fully saturated rings. The van der Waals surface area contributed by atoms with Gasteiger partial charge < -0.3 is 19.1 Å². The molecule has 0 saturated carbocycles. The lowest BCUT2D eigenvalue weighted by Crippen LogP contribution is -2.46. The van der Waals surface area contributed by atoms with E-state index in [0.717, 1.165) is 48.9 Å². The normalized spacial score (nSPS) is 18.1. The zero-order valence-corrected chi connectivity index (χ0v) is 22.7. The molecular weight excluding hydrogens is 543 g/mol. The molecule has 2 saturated heterocycles. The van der Waals surface area contributed by atoms with Crippen LogP contribution in [0.4, 0.5) is 13.2 Å². The van der Waals surface area contributed by atoms with Crippen LogP contribution in [0.2, 0.25) is 0 Å². The monoisotopic (exact) mass is 573 g/mol. The van der Waals surface area contributed by atoms with E-state index in [4.69, 9.17) is 14.2 Å². The van der Waals surface area contributed by atoms with Crippen molar-refractivity contribution in [1.82, 2.24) is 14.8 Å². The number of carbonyl (C=O) groups excluding carboxylic acids is 1. The number of thiazole rings is 1. The molecule has 3 aliphatic heterocycles. The summed E-state index contributed by atoms with van der Waals surface area (Å²) in [5, 5.41) is 2.50. The van der Waals surface area contributed by atoms with E-state index in [0.29, 0.717) is 48.9 Å². The van der Waals surface area contributed by atoms with Crippen LogP contribution in [0, 0.1) is 0 Å². The van der Waals surface area contributed by atoms with E-state index in [9.17, 15) is 18.0 Å². The minimum atomic E-state index is -4.42. The van der Waals surface area contributed by atoms with Gasteiger partial charge in [-0.2, -0.15) is 13.2 Å². The fraction of sp³-hybridized carbons (Fsp3) is 0.448. The van der Waals surface area contributed by atoms with Crippen molar-refractivity contribution in [3.05, 3.63) is 75.2 Å². The number of hydrogen-bond donors (Lipinski definition) is 0. The Hall–Kier alpha value is -3.15. The fourth-order valence-electron chi connectivity index (χ4n) is 5.67. The molecule has 6 rings (SSSR count). The number of ether oxygens (including phenoxy) is 3. The van der Waals surface area contributed by atoms with E-state index < -0.39 is 11.7 Å². The van der Waals surface area contributed by atoms with Crippen molar-refractivity contribution < 1.29 is 32.2 Å². The molecule has 3 aromatic rings. The maximum Gasteiger partial charge on any atom is 0.416 e. The van der Waals surface area contributed by atoms with E-state index in [1.165, 1.54) is 23.5 Å². The number of likely N-dealkylation sites (tertiary alicyclic amines) is 1. The van der Waals surface area contributed by atoms with Crippen molar-refractivity contribution in [3.8, 4) is 11.5 Å². The quantitative estimate of drug-likeness (QED) is 0.352. The van der Waals surface area contributed by atoms with Crippen molar-refractivity contribution in [3.63, 3.8) is 0 Å². The number of nitrogens with zero attached hydrogens (tertiary/aromatic N) is 3. The lowest BCUT2D eigenvalue weighted by Gasteiger charge is -2.38. The third-order valence-electron chi connectivity index (χ3n) is 7.78. The molecule has 212 valence electrons. The summed E-state index contributed by atoms with van der Waals surface area (Å²) in [6, 6.07) is 11.0. The first-order valence-corrected chi connectivity index (χ1v) is 14.3. The van der Waals surface area contributed by atoms with Gasteiger partial charge in [-0.25, -0.2) is 4.98 Å². The standard InChI is InChI=1S/C29H30F3N3O4S/c30-29(31,32)22-4-1-3-20(13-22)15-34(16-21-5-6-24-25(14-21)38-19-37-24)17-26-33-23(18-40-26)27(36)35-10-8-28(9-11-35)7-2-12-39-28/h1,3-6,13-14,18H,2,7-12,15-17,19H2. The van der Waals surface area contributed by atoms with Crippen LogP contribution in [0.1, 0.15) is 57.9 Å². The maximum absolute atomic E-state index is 13.4. The SMILES string of the molecule is O=C(c1csc(CN(Cc2cccc(C(F)(F)F)c2)Cc2ccc3c(c2)OCO3)n1)N1CCC2(CCCO2)CC1. The third-order valence-corrected chi connectivity index (χ3v) is 8.61. The summed E-state index contributed by atoms with van der Waals surface area (Å²) in [5.74, 6) is 1.22. The smallest absolute Gasteiger partial charge is 0.416 e. The summed E-state index contributed by atoms with van der Waals surface area (Å²) in [6.07, 6.45) is -0.597. The maximum atomic E-state index is 13.4. The topological polar surface area (TPSA) is 64.1 Å². The van der Waals surface area contributed by atoms with Gasteiger partial charge in [0.2, 0.25) is 6.79 Å². The summed E-state index contributed by atoms with van der Waals surface area (Å²) in [7, 11) is 0. The minimum absolute atomic E-state index is 0.0668. The largest absolute Gasteiger partial charge is 0.454 e. The second-order valence-corrected chi connectivity index (χ2v) is 11.5. The Morgan fingerprint density at radius 2 is 1.77 bits per heavy atom. The van der Waals surface area contributed by atoms with E-state index in [1.54, 1.807) is 11.4 Å². The summed E-state index contributed by atoms with van der Waals surface area (Å²) >= 11 is 1.39. The molecule has 0 atom stereocenters. The van der Waals surface area contributed by atoms with Gasteiger partial charge in [0.15, 0.2) is 11.5 Å². The van der Waals surface area contributed by atoms with Crippen LogP contribution >= 0.6 is 11.3 Å². The number of fused-ring (bicyclic) bond motifs is 1. The van der Waals surface area contributed by atoms with Crippen LogP contribution in [-0.4, -0.2) is 52.8 Å². The number of benzene rings is 2. The number of amides is 1. The zero-order chi connectivity index (χ0) is 27.7. The number of carbonyl (C=O) groups is 1. The molecule has 0 N–H and O–H groups in total. The van der Waals surface area contributed by atoms with Crippen molar-refractivity contribution in [1.29, 1.82) is 0 Å². The van der Waals surface area contributed by atoms with Gasteiger partial charge in [0.1, 0.15) is 10.7 Å². The first-order valence-electron chi connectivity index (χ1n) is 13.4. The number of alkyl halides is 3. The Kier molecular flexibility index (Phi) is 7.45. The molecule has 3 aliphatic rings. The van der Waals surface area contributed by atoms with E-state index in [-0.39, 0.29) is 24.8 Å². The number of rotatable bonds is 7. The van der Waals surface area contributed by atoms with Crippen LogP contribution < -0.4 is 9.47 Å². The molecule has 0 bridgehead atoms. The van der Waals surface area contributed by atoms with Crippen molar-refractivity contribution in [2.75, 3.05) is 26.5 Å². The molecule has 1 aromatic heterocycles. The van der Waals surface area contributed by atoms with Gasteiger partial charge in [-0.3, -0.25) is 9.69 Å². The van der Waals surface area contributed by atoms with Crippen LogP contribution in [-0.2, 0) is 30.5 Å². The van der Waals surface area contributed by atoms with Crippen LogP contribution in [0.5, 0.6) is 11.5 Å². The molecule has 1 amide bonds. The molecule has 11 heteroatoms. The Balaban J connectivity index is 1.17. The van der Waals surface area contributed by atoms with Crippen molar-refractivity contribution in [2.45, 2.75) is 57.1 Å². The van der Waals surface area contributed by atoms with Gasteiger partial charge in [-0.05, 0) is 55.0 Å². The second-order valence-electron chi connectivity index (χ2n) is 10.6. The van der Waals surface area contributed by atoms with Crippen LogP contribution in [0.3, 0.4) is 0 Å². The average Bonchev–Trinajstić information content (AvgIpc) is 3.70. The summed E-state index contributed by atoms with van der Waals surface area (Å²) < 4.78 is 56.9. The first kappa shape index (κ1) is 27.0. The zero-order valence-electron chi connectivity index (χ0n) is 21.9. The highest BCUT2D eigenvalue weighted by atomic mass is 32.1. The molecular formula is C29H30F3N3O4S. The minimum Gasteiger partial charge on any atom is -0.454 e. The molecule has 40 heavy (non-hydrogen) atoms. The lowest BCUT2D eigenvalue weighted by atomic mass is 9.88. The summed E-state index contributed by atoms with van der Waals surface area (Å²) in [5.41, 5.74) is 1.13. The highest BCUT2D eigenvalue weighted by Crippen LogP contribution is 2.36. The molecule has 4 heterocycles. The Morgan fingerprint density at radius 3 is 2.52 bits per heavy atom. The molecule has 0 radical (unpaired) electrons. The van der Waals surface area contributed by atoms with Gasteiger partial charge in [-0.1, -0.05) is 24.3 Å². The predicted octanol–water partition coefficient (Wildman–Crippen LogP) is 5.88. The summed E-state index contributed by atoms with van der Waals surface area (Å²) in [4.78, 5) is 21.7. The molecule has 0 unspecified atom stereocenters. The predicted molar refractivity (Wildman–Crippen MR) is 142 cm³/mol. The number of aromatic nitrogens is 1. The molecule has 1 spiro atoms. The number of piperidine rings is 1.